The lowest BCUT2D eigenvalue weighted by Gasteiger charge is -2.14. The average Bonchev–Trinajstić information content (AvgIpc) is 2.12. The summed E-state index contributed by atoms with van der Waals surface area (Å²) in [7, 11) is 0. The third kappa shape index (κ3) is 3.27. The van der Waals surface area contributed by atoms with Gasteiger partial charge in [0, 0.05) is 5.92 Å². The molecule has 0 aliphatic carbocycles. The minimum absolute atomic E-state index is 0.308. The summed E-state index contributed by atoms with van der Waals surface area (Å²) in [5.41, 5.74) is 0.755. The molecule has 1 atom stereocenters. The van der Waals surface area contributed by atoms with Gasteiger partial charge in [-0.25, -0.2) is 4.39 Å². The Morgan fingerprint density at radius 2 is 2.08 bits per heavy atom. The van der Waals surface area contributed by atoms with Crippen LogP contribution in [0.25, 0.3) is 0 Å². The second-order valence-electron chi connectivity index (χ2n) is 2.98. The summed E-state index contributed by atoms with van der Waals surface area (Å²) in [5.74, 6) is -1.01. The van der Waals surface area contributed by atoms with Crippen LogP contribution >= 0.6 is 0 Å². The fraction of sp³-hybridized carbons (Fsp3) is 0.600. The molecule has 0 aromatic rings. The monoisotopic (exact) mass is 190 g/mol. The number of alkyl halides is 1. The van der Waals surface area contributed by atoms with Crippen molar-refractivity contribution < 1.29 is 13.9 Å². The first-order chi connectivity index (χ1) is 6.08. The van der Waals surface area contributed by atoms with Crippen LogP contribution < -0.4 is 0 Å². The molecule has 76 valence electrons. The molecule has 0 saturated heterocycles. The van der Waals surface area contributed by atoms with Crippen LogP contribution in [-0.4, -0.2) is 18.4 Å². The second-order valence-corrected chi connectivity index (χ2v) is 2.98. The molecule has 0 aliphatic heterocycles. The fourth-order valence-electron chi connectivity index (χ4n) is 1.23. The molecular formula is C10H16F2O. The van der Waals surface area contributed by atoms with E-state index in [1.165, 1.54) is 0 Å². The van der Waals surface area contributed by atoms with Crippen molar-refractivity contribution in [2.75, 3.05) is 13.3 Å². The zero-order chi connectivity index (χ0) is 10.4. The number of aliphatic hydroxyl groups is 1. The Bertz CT molecular complexity index is 209. The number of rotatable bonds is 5. The minimum atomic E-state index is -0.591. The van der Waals surface area contributed by atoms with Gasteiger partial charge in [0.2, 0.25) is 0 Å². The molecular weight excluding hydrogens is 174 g/mol. The highest BCUT2D eigenvalue weighted by molar-refractivity contribution is 5.30. The second kappa shape index (κ2) is 5.86. The first-order valence-corrected chi connectivity index (χ1v) is 4.31. The molecule has 0 amide bonds. The zero-order valence-electron chi connectivity index (χ0n) is 8.11. The number of hydrogen-bond donors (Lipinski definition) is 1. The molecule has 0 fully saturated rings. The lowest BCUT2D eigenvalue weighted by molar-refractivity contribution is 0.299. The fourth-order valence-corrected chi connectivity index (χ4v) is 1.23. The molecule has 0 saturated carbocycles. The zero-order valence-corrected chi connectivity index (χ0v) is 8.11. The van der Waals surface area contributed by atoms with Gasteiger partial charge in [-0.15, -0.1) is 0 Å². The van der Waals surface area contributed by atoms with Crippen LogP contribution in [0.2, 0.25) is 0 Å². The Morgan fingerprint density at radius 3 is 2.31 bits per heavy atom. The Labute approximate surface area is 77.8 Å². The van der Waals surface area contributed by atoms with Gasteiger partial charge in [-0.05, 0) is 17.6 Å². The smallest absolute Gasteiger partial charge is 0.119 e. The van der Waals surface area contributed by atoms with Gasteiger partial charge in [-0.1, -0.05) is 20.4 Å². The number of aliphatic hydroxyl groups excluding tert-OH is 1. The van der Waals surface area contributed by atoms with Crippen molar-refractivity contribution >= 4 is 0 Å². The van der Waals surface area contributed by atoms with E-state index in [1.54, 1.807) is 13.8 Å². The van der Waals surface area contributed by atoms with E-state index < -0.39 is 18.4 Å². The summed E-state index contributed by atoms with van der Waals surface area (Å²) < 4.78 is 25.1. The predicted molar refractivity (Wildman–Crippen MR) is 49.8 cm³/mol. The van der Waals surface area contributed by atoms with Gasteiger partial charge >= 0.3 is 0 Å². The largest absolute Gasteiger partial charge is 0.392 e. The summed E-state index contributed by atoms with van der Waals surface area (Å²) in [4.78, 5) is 0. The summed E-state index contributed by atoms with van der Waals surface area (Å²) in [6.07, 6.45) is 0.426. The van der Waals surface area contributed by atoms with Crippen LogP contribution in [0, 0.1) is 5.92 Å². The van der Waals surface area contributed by atoms with Crippen molar-refractivity contribution in [1.82, 2.24) is 0 Å². The third-order valence-electron chi connectivity index (χ3n) is 2.07. The van der Waals surface area contributed by atoms with Crippen LogP contribution in [-0.2, 0) is 0 Å². The molecule has 0 spiro atoms. The van der Waals surface area contributed by atoms with Crippen molar-refractivity contribution in [3.8, 4) is 0 Å². The summed E-state index contributed by atoms with van der Waals surface area (Å²) in [6, 6.07) is 0. The summed E-state index contributed by atoms with van der Waals surface area (Å²) in [6.45, 7) is 5.62. The van der Waals surface area contributed by atoms with Gasteiger partial charge in [-0.2, -0.15) is 0 Å². The summed E-state index contributed by atoms with van der Waals surface area (Å²) in [5, 5.41) is 8.95. The highest BCUT2D eigenvalue weighted by atomic mass is 19.1. The molecule has 0 bridgehead atoms. The van der Waals surface area contributed by atoms with Gasteiger partial charge < -0.3 is 5.11 Å². The predicted octanol–water partition coefficient (Wildman–Crippen LogP) is 2.77. The Balaban J connectivity index is 4.93. The van der Waals surface area contributed by atoms with Gasteiger partial charge in [0.25, 0.3) is 0 Å². The van der Waals surface area contributed by atoms with E-state index in [0.717, 1.165) is 0 Å². The lowest BCUT2D eigenvalue weighted by atomic mass is 9.95. The maximum absolute atomic E-state index is 12.8. The van der Waals surface area contributed by atoms with E-state index in [-0.39, 0.29) is 6.61 Å². The average molecular weight is 190 g/mol. The third-order valence-corrected chi connectivity index (χ3v) is 2.07. The molecule has 1 N–H and O–H groups in total. The summed E-state index contributed by atoms with van der Waals surface area (Å²) >= 11 is 0. The van der Waals surface area contributed by atoms with Gasteiger partial charge in [-0.3, -0.25) is 4.39 Å². The lowest BCUT2D eigenvalue weighted by Crippen LogP contribution is -2.09. The van der Waals surface area contributed by atoms with Crippen molar-refractivity contribution in [3.63, 3.8) is 0 Å². The normalized spacial score (nSPS) is 15.2. The molecule has 3 heteroatoms. The topological polar surface area (TPSA) is 20.2 Å². The van der Waals surface area contributed by atoms with Crippen LogP contribution in [0.3, 0.4) is 0 Å². The maximum Gasteiger partial charge on any atom is 0.119 e. The minimum Gasteiger partial charge on any atom is -0.392 e. The van der Waals surface area contributed by atoms with Gasteiger partial charge in [0.15, 0.2) is 0 Å². The van der Waals surface area contributed by atoms with E-state index >= 15 is 0 Å². The first kappa shape index (κ1) is 12.3. The molecule has 0 unspecified atom stereocenters. The van der Waals surface area contributed by atoms with Crippen LogP contribution in [0.5, 0.6) is 0 Å². The van der Waals surface area contributed by atoms with Crippen molar-refractivity contribution in [2.24, 2.45) is 5.92 Å². The Kier molecular flexibility index (Phi) is 5.55. The Hall–Kier alpha value is -0.700. The van der Waals surface area contributed by atoms with E-state index in [2.05, 4.69) is 6.58 Å². The van der Waals surface area contributed by atoms with E-state index in [4.69, 9.17) is 5.11 Å². The van der Waals surface area contributed by atoms with Crippen molar-refractivity contribution in [3.05, 3.63) is 23.6 Å². The highest BCUT2D eigenvalue weighted by Crippen LogP contribution is 2.23. The molecule has 1 nitrogen and oxygen atoms in total. The number of hydrogen-bond acceptors (Lipinski definition) is 1. The van der Waals surface area contributed by atoms with Crippen molar-refractivity contribution in [2.45, 2.75) is 20.3 Å². The van der Waals surface area contributed by atoms with E-state index in [9.17, 15) is 8.78 Å². The first-order valence-electron chi connectivity index (χ1n) is 4.31. The standard InChI is InChI=1S/C10H16F2O/c1-4-9(8(3)12)10(6-13)7(2)5-11/h7,13H,3-6H2,1-2H3/b10-9-/t7-/m0/s1. The molecule has 0 aromatic heterocycles. The number of allylic oxidation sites excluding steroid dienone is 2. The molecule has 0 radical (unpaired) electrons. The van der Waals surface area contributed by atoms with Crippen LogP contribution in [0.15, 0.2) is 23.6 Å². The molecule has 0 aliphatic rings. The Morgan fingerprint density at radius 1 is 1.54 bits per heavy atom. The quantitative estimate of drug-likeness (QED) is 0.661. The molecule has 0 rings (SSSR count). The van der Waals surface area contributed by atoms with E-state index in [1.807, 2.05) is 0 Å². The molecule has 0 heterocycles. The van der Waals surface area contributed by atoms with Gasteiger partial charge in [0.1, 0.15) is 5.83 Å². The van der Waals surface area contributed by atoms with Gasteiger partial charge in [0.05, 0.1) is 13.3 Å². The van der Waals surface area contributed by atoms with Crippen LogP contribution in [0.4, 0.5) is 8.78 Å². The molecule has 0 aromatic carbocycles. The maximum atomic E-state index is 12.8. The highest BCUT2D eigenvalue weighted by Gasteiger charge is 2.14. The van der Waals surface area contributed by atoms with Crippen molar-refractivity contribution in [1.29, 1.82) is 0 Å². The van der Waals surface area contributed by atoms with Crippen LogP contribution in [0.1, 0.15) is 20.3 Å². The van der Waals surface area contributed by atoms with E-state index in [0.29, 0.717) is 17.6 Å². The number of halogens is 2. The molecule has 13 heavy (non-hydrogen) atoms. The SMILES string of the molecule is C=C(F)/C(CC)=C(/CO)[C@@H](C)CF.